The summed E-state index contributed by atoms with van der Waals surface area (Å²) in [5, 5.41) is 0. The summed E-state index contributed by atoms with van der Waals surface area (Å²) in [5.41, 5.74) is 0. The van der Waals surface area contributed by atoms with Crippen LogP contribution in [0.15, 0.2) is 24.5 Å². The lowest BCUT2D eigenvalue weighted by Gasteiger charge is -2.33. The molecule has 2 aromatic heterocycles. The van der Waals surface area contributed by atoms with Gasteiger partial charge in [-0.3, -0.25) is 9.59 Å². The van der Waals surface area contributed by atoms with Crippen LogP contribution in [0.5, 0.6) is 0 Å². The van der Waals surface area contributed by atoms with Crippen molar-refractivity contribution in [3.63, 3.8) is 0 Å². The van der Waals surface area contributed by atoms with Crippen LogP contribution in [0.2, 0.25) is 0 Å². The van der Waals surface area contributed by atoms with Crippen molar-refractivity contribution in [2.75, 3.05) is 13.1 Å². The zero-order chi connectivity index (χ0) is 18.1. The maximum absolute atomic E-state index is 12.9. The number of aromatic nitrogens is 2. The van der Waals surface area contributed by atoms with Gasteiger partial charge < -0.3 is 9.47 Å². The van der Waals surface area contributed by atoms with E-state index < -0.39 is 0 Å². The molecule has 1 saturated heterocycles. The highest BCUT2D eigenvalue weighted by Crippen LogP contribution is 2.32. The summed E-state index contributed by atoms with van der Waals surface area (Å²) in [4.78, 5) is 32.2. The number of carbonyl (C=O) groups excluding carboxylic acids is 2. The molecule has 0 radical (unpaired) electrons. The fourth-order valence-electron chi connectivity index (χ4n) is 3.96. The standard InChI is InChI=1S/C20H25N3O2S/c1-14(24)17-7-8-18(26-17)20(25)23-10-3-6-16(13-23)19-21-9-11-22(19)12-15-4-2-5-15/h7-9,11,15-16H,2-6,10,12-13H2,1H3. The van der Waals surface area contributed by atoms with Gasteiger partial charge >= 0.3 is 0 Å². The SMILES string of the molecule is CC(=O)c1ccc(C(=O)N2CCCC(c3nccn3CC3CCC3)C2)s1. The molecule has 0 aromatic carbocycles. The molecule has 1 saturated carbocycles. The predicted octanol–water partition coefficient (Wildman–Crippen LogP) is 3.97. The Morgan fingerprint density at radius 3 is 2.69 bits per heavy atom. The van der Waals surface area contributed by atoms with Crippen LogP contribution in [-0.4, -0.2) is 39.2 Å². The summed E-state index contributed by atoms with van der Waals surface area (Å²) in [7, 11) is 0. The Morgan fingerprint density at radius 2 is 2.00 bits per heavy atom. The zero-order valence-corrected chi connectivity index (χ0v) is 16.0. The van der Waals surface area contributed by atoms with Gasteiger partial charge in [0.15, 0.2) is 5.78 Å². The molecular formula is C20H25N3O2S. The third-order valence-electron chi connectivity index (χ3n) is 5.66. The summed E-state index contributed by atoms with van der Waals surface area (Å²) in [6.45, 7) is 4.10. The van der Waals surface area contributed by atoms with E-state index >= 15 is 0 Å². The van der Waals surface area contributed by atoms with E-state index in [1.807, 2.05) is 11.1 Å². The molecule has 0 bridgehead atoms. The van der Waals surface area contributed by atoms with E-state index in [-0.39, 0.29) is 11.7 Å². The molecule has 5 nitrogen and oxygen atoms in total. The highest BCUT2D eigenvalue weighted by atomic mass is 32.1. The van der Waals surface area contributed by atoms with Gasteiger partial charge in [-0.1, -0.05) is 6.42 Å². The normalized spacial score (nSPS) is 20.8. The largest absolute Gasteiger partial charge is 0.337 e. The number of thiophene rings is 1. The molecule has 4 rings (SSSR count). The first-order valence-corrected chi connectivity index (χ1v) is 10.3. The molecule has 0 spiro atoms. The van der Waals surface area contributed by atoms with E-state index in [1.54, 1.807) is 19.1 Å². The molecule has 2 fully saturated rings. The van der Waals surface area contributed by atoms with Crippen LogP contribution in [0, 0.1) is 5.92 Å². The molecule has 6 heteroatoms. The van der Waals surface area contributed by atoms with E-state index in [0.29, 0.717) is 22.2 Å². The summed E-state index contributed by atoms with van der Waals surface area (Å²) in [5.74, 6) is 2.29. The lowest BCUT2D eigenvalue weighted by molar-refractivity contribution is 0.0707. The summed E-state index contributed by atoms with van der Waals surface area (Å²) in [6, 6.07) is 3.54. The highest BCUT2D eigenvalue weighted by molar-refractivity contribution is 7.15. The smallest absolute Gasteiger partial charge is 0.263 e. The molecular weight excluding hydrogens is 346 g/mol. The Kier molecular flexibility index (Phi) is 4.94. The van der Waals surface area contributed by atoms with Crippen molar-refractivity contribution in [1.82, 2.24) is 14.5 Å². The topological polar surface area (TPSA) is 55.2 Å². The molecule has 1 aliphatic heterocycles. The molecule has 1 aliphatic carbocycles. The van der Waals surface area contributed by atoms with Crippen molar-refractivity contribution >= 4 is 23.0 Å². The Morgan fingerprint density at radius 1 is 1.19 bits per heavy atom. The monoisotopic (exact) mass is 371 g/mol. The number of carbonyl (C=O) groups is 2. The van der Waals surface area contributed by atoms with Crippen molar-refractivity contribution in [2.24, 2.45) is 5.92 Å². The minimum absolute atomic E-state index is 0.0172. The van der Waals surface area contributed by atoms with E-state index in [4.69, 9.17) is 0 Å². The fourth-order valence-corrected chi connectivity index (χ4v) is 4.83. The Hall–Kier alpha value is -1.95. The van der Waals surface area contributed by atoms with Crippen LogP contribution in [0.25, 0.3) is 0 Å². The second-order valence-electron chi connectivity index (χ2n) is 7.55. The van der Waals surface area contributed by atoms with Crippen LogP contribution in [0.3, 0.4) is 0 Å². The first kappa shape index (κ1) is 17.5. The van der Waals surface area contributed by atoms with Gasteiger partial charge in [0, 0.05) is 37.9 Å². The second kappa shape index (κ2) is 7.35. The number of likely N-dealkylation sites (tertiary alicyclic amines) is 1. The van der Waals surface area contributed by atoms with E-state index in [2.05, 4.69) is 15.7 Å². The van der Waals surface area contributed by atoms with E-state index in [1.165, 1.54) is 30.6 Å². The molecule has 138 valence electrons. The molecule has 2 aromatic rings. The van der Waals surface area contributed by atoms with Gasteiger partial charge in [-0.25, -0.2) is 4.98 Å². The fraction of sp³-hybridized carbons (Fsp3) is 0.550. The second-order valence-corrected chi connectivity index (χ2v) is 8.63. The third-order valence-corrected chi connectivity index (χ3v) is 6.84. The van der Waals surface area contributed by atoms with Gasteiger partial charge in [0.2, 0.25) is 0 Å². The number of piperidine rings is 1. The number of hydrogen-bond acceptors (Lipinski definition) is 4. The molecule has 1 unspecified atom stereocenters. The quantitative estimate of drug-likeness (QED) is 0.748. The van der Waals surface area contributed by atoms with E-state index in [9.17, 15) is 9.59 Å². The number of ketones is 1. The minimum atomic E-state index is 0.0172. The van der Waals surface area contributed by atoms with Crippen LogP contribution in [-0.2, 0) is 6.54 Å². The van der Waals surface area contributed by atoms with Gasteiger partial charge in [0.1, 0.15) is 5.82 Å². The zero-order valence-electron chi connectivity index (χ0n) is 15.2. The number of hydrogen-bond donors (Lipinski definition) is 0. The lowest BCUT2D eigenvalue weighted by Crippen LogP contribution is -2.39. The molecule has 2 aliphatic rings. The number of nitrogens with zero attached hydrogens (tertiary/aromatic N) is 3. The number of amides is 1. The van der Waals surface area contributed by atoms with Gasteiger partial charge in [0.05, 0.1) is 9.75 Å². The van der Waals surface area contributed by atoms with Crippen LogP contribution < -0.4 is 0 Å². The Bertz CT molecular complexity index is 806. The Balaban J connectivity index is 1.46. The third kappa shape index (κ3) is 3.47. The van der Waals surface area contributed by atoms with Gasteiger partial charge in [-0.05, 0) is 50.7 Å². The van der Waals surface area contributed by atoms with Crippen molar-refractivity contribution in [3.05, 3.63) is 40.1 Å². The Labute approximate surface area is 158 Å². The van der Waals surface area contributed by atoms with Crippen molar-refractivity contribution in [1.29, 1.82) is 0 Å². The predicted molar refractivity (Wildman–Crippen MR) is 102 cm³/mol. The van der Waals surface area contributed by atoms with Crippen molar-refractivity contribution < 1.29 is 9.59 Å². The minimum Gasteiger partial charge on any atom is -0.337 e. The van der Waals surface area contributed by atoms with Crippen LogP contribution in [0.1, 0.15) is 70.1 Å². The molecule has 1 atom stereocenters. The number of rotatable bonds is 5. The molecule has 26 heavy (non-hydrogen) atoms. The van der Waals surface area contributed by atoms with Crippen LogP contribution >= 0.6 is 11.3 Å². The first-order valence-electron chi connectivity index (χ1n) is 9.53. The van der Waals surface area contributed by atoms with Gasteiger partial charge in [-0.15, -0.1) is 11.3 Å². The maximum Gasteiger partial charge on any atom is 0.263 e. The van der Waals surface area contributed by atoms with E-state index in [0.717, 1.165) is 37.7 Å². The number of imidazole rings is 1. The molecule has 3 heterocycles. The average molecular weight is 372 g/mol. The van der Waals surface area contributed by atoms with Gasteiger partial charge in [-0.2, -0.15) is 0 Å². The summed E-state index contributed by atoms with van der Waals surface area (Å²) >= 11 is 1.30. The molecule has 0 N–H and O–H groups in total. The lowest BCUT2D eigenvalue weighted by atomic mass is 9.85. The van der Waals surface area contributed by atoms with Crippen molar-refractivity contribution in [2.45, 2.75) is 51.5 Å². The summed E-state index contributed by atoms with van der Waals surface area (Å²) in [6.07, 6.45) is 10.1. The maximum atomic E-state index is 12.9. The van der Waals surface area contributed by atoms with Crippen molar-refractivity contribution in [3.8, 4) is 0 Å². The van der Waals surface area contributed by atoms with Crippen LogP contribution in [0.4, 0.5) is 0 Å². The summed E-state index contributed by atoms with van der Waals surface area (Å²) < 4.78 is 2.31. The number of Topliss-reactive ketones (excluding diaryl/α,β-unsaturated/α-hetero) is 1. The first-order chi connectivity index (χ1) is 12.6. The average Bonchev–Trinajstić information content (AvgIpc) is 3.27. The molecule has 1 amide bonds. The highest BCUT2D eigenvalue weighted by Gasteiger charge is 2.29. The van der Waals surface area contributed by atoms with Gasteiger partial charge in [0.25, 0.3) is 5.91 Å².